The maximum Gasteiger partial charge on any atom is 0.161 e. The molecule has 0 heterocycles. The second-order valence-electron chi connectivity index (χ2n) is 5.41. The summed E-state index contributed by atoms with van der Waals surface area (Å²) >= 11 is 0. The van der Waals surface area contributed by atoms with Crippen LogP contribution in [0.3, 0.4) is 0 Å². The average Bonchev–Trinajstić information content (AvgIpc) is 2.56. The average molecular weight is 287 g/mol. The van der Waals surface area contributed by atoms with Crippen molar-refractivity contribution in [2.45, 2.75) is 38.0 Å². The molecule has 1 aromatic rings. The van der Waals surface area contributed by atoms with Crippen LogP contribution in [0.5, 0.6) is 11.5 Å². The summed E-state index contributed by atoms with van der Waals surface area (Å²) in [6.45, 7) is 0. The van der Waals surface area contributed by atoms with Crippen molar-refractivity contribution >= 4 is 5.78 Å². The lowest BCUT2D eigenvalue weighted by Gasteiger charge is -2.22. The van der Waals surface area contributed by atoms with Crippen LogP contribution in [-0.2, 0) is 4.79 Å². The fourth-order valence-corrected chi connectivity index (χ4v) is 2.96. The number of nitrogens with zero attached hydrogens (tertiary/aromatic N) is 1. The molecular formula is C17H21NO3. The van der Waals surface area contributed by atoms with Gasteiger partial charge >= 0.3 is 0 Å². The molecule has 1 saturated carbocycles. The zero-order valence-electron chi connectivity index (χ0n) is 12.6. The first-order valence-corrected chi connectivity index (χ1v) is 7.36. The maximum atomic E-state index is 12.6. The van der Waals surface area contributed by atoms with Gasteiger partial charge in [-0.25, -0.2) is 0 Å². The van der Waals surface area contributed by atoms with Crippen molar-refractivity contribution in [3.63, 3.8) is 0 Å². The third-order valence-electron chi connectivity index (χ3n) is 4.16. The van der Waals surface area contributed by atoms with Gasteiger partial charge in [-0.3, -0.25) is 4.79 Å². The Balaban J connectivity index is 2.24. The molecule has 0 saturated heterocycles. The standard InChI is InChI=1S/C17H21NO3/c1-20-15-9-8-13(10-16(15)21-2)14(11-18)17(19)12-6-4-3-5-7-12/h8-10,12,14H,3-7H2,1-2H3. The van der Waals surface area contributed by atoms with Crippen LogP contribution in [0.2, 0.25) is 0 Å². The van der Waals surface area contributed by atoms with Gasteiger partial charge in [-0.15, -0.1) is 0 Å². The summed E-state index contributed by atoms with van der Waals surface area (Å²) in [6, 6.07) is 7.40. The van der Waals surface area contributed by atoms with Crippen molar-refractivity contribution in [1.82, 2.24) is 0 Å². The second kappa shape index (κ2) is 7.12. The van der Waals surface area contributed by atoms with E-state index in [0.29, 0.717) is 17.1 Å². The molecule has 1 atom stereocenters. The van der Waals surface area contributed by atoms with E-state index in [9.17, 15) is 10.1 Å². The summed E-state index contributed by atoms with van der Waals surface area (Å²) in [5.41, 5.74) is 0.686. The van der Waals surface area contributed by atoms with E-state index in [1.165, 1.54) is 6.42 Å². The van der Waals surface area contributed by atoms with Gasteiger partial charge in [0, 0.05) is 5.92 Å². The van der Waals surface area contributed by atoms with Crippen LogP contribution in [0.1, 0.15) is 43.6 Å². The number of rotatable bonds is 5. The Labute approximate surface area is 125 Å². The smallest absolute Gasteiger partial charge is 0.161 e. The van der Waals surface area contributed by atoms with E-state index in [0.717, 1.165) is 25.7 Å². The molecule has 0 N–H and O–H groups in total. The highest BCUT2D eigenvalue weighted by molar-refractivity contribution is 5.90. The molecule has 1 unspecified atom stereocenters. The second-order valence-corrected chi connectivity index (χ2v) is 5.41. The van der Waals surface area contributed by atoms with Crippen LogP contribution < -0.4 is 9.47 Å². The van der Waals surface area contributed by atoms with Gasteiger partial charge in [0.2, 0.25) is 0 Å². The Morgan fingerprint density at radius 3 is 2.43 bits per heavy atom. The van der Waals surface area contributed by atoms with E-state index in [2.05, 4.69) is 6.07 Å². The number of ketones is 1. The van der Waals surface area contributed by atoms with E-state index in [1.807, 2.05) is 0 Å². The quantitative estimate of drug-likeness (QED) is 0.832. The topological polar surface area (TPSA) is 59.3 Å². The lowest BCUT2D eigenvalue weighted by Crippen LogP contribution is -2.23. The summed E-state index contributed by atoms with van der Waals surface area (Å²) in [6.07, 6.45) is 5.17. The van der Waals surface area contributed by atoms with Crippen molar-refractivity contribution in [1.29, 1.82) is 5.26 Å². The van der Waals surface area contributed by atoms with Crippen molar-refractivity contribution < 1.29 is 14.3 Å². The minimum atomic E-state index is -0.715. The van der Waals surface area contributed by atoms with Crippen LogP contribution in [0.25, 0.3) is 0 Å². The molecule has 21 heavy (non-hydrogen) atoms. The first-order valence-electron chi connectivity index (χ1n) is 7.36. The molecule has 0 aromatic heterocycles. The molecule has 0 aliphatic heterocycles. The van der Waals surface area contributed by atoms with E-state index >= 15 is 0 Å². The number of Topliss-reactive ketones (excluding diaryl/α,β-unsaturated/α-hetero) is 1. The predicted molar refractivity (Wildman–Crippen MR) is 79.5 cm³/mol. The van der Waals surface area contributed by atoms with Crippen molar-refractivity contribution in [3.05, 3.63) is 23.8 Å². The number of carbonyl (C=O) groups excluding carboxylic acids is 1. The number of hydrogen-bond donors (Lipinski definition) is 0. The summed E-state index contributed by atoms with van der Waals surface area (Å²) in [7, 11) is 3.11. The molecule has 112 valence electrons. The highest BCUT2D eigenvalue weighted by Crippen LogP contribution is 2.34. The SMILES string of the molecule is COc1ccc(C(C#N)C(=O)C2CCCCC2)cc1OC. The normalized spacial score (nSPS) is 16.8. The lowest BCUT2D eigenvalue weighted by atomic mass is 9.80. The third-order valence-corrected chi connectivity index (χ3v) is 4.16. The number of benzene rings is 1. The van der Waals surface area contributed by atoms with Gasteiger partial charge in [0.05, 0.1) is 20.3 Å². The van der Waals surface area contributed by atoms with Crippen LogP contribution >= 0.6 is 0 Å². The fraction of sp³-hybridized carbons (Fsp3) is 0.529. The van der Waals surface area contributed by atoms with Gasteiger partial charge in [0.15, 0.2) is 17.3 Å². The van der Waals surface area contributed by atoms with Crippen LogP contribution in [-0.4, -0.2) is 20.0 Å². The van der Waals surface area contributed by atoms with E-state index in [-0.39, 0.29) is 11.7 Å². The molecule has 1 aliphatic carbocycles. The third kappa shape index (κ3) is 3.36. The summed E-state index contributed by atoms with van der Waals surface area (Å²) in [5.74, 6) is 0.503. The van der Waals surface area contributed by atoms with Gasteiger partial charge in [-0.05, 0) is 30.5 Å². The number of methoxy groups -OCH3 is 2. The number of hydrogen-bond acceptors (Lipinski definition) is 4. The summed E-state index contributed by atoms with van der Waals surface area (Å²) in [5, 5.41) is 9.43. The monoisotopic (exact) mass is 287 g/mol. The molecule has 4 nitrogen and oxygen atoms in total. The zero-order chi connectivity index (χ0) is 15.2. The highest BCUT2D eigenvalue weighted by atomic mass is 16.5. The predicted octanol–water partition coefficient (Wildman–Crippen LogP) is 3.46. The van der Waals surface area contributed by atoms with Crippen LogP contribution in [0.4, 0.5) is 0 Å². The molecule has 0 spiro atoms. The Hall–Kier alpha value is -2.02. The largest absolute Gasteiger partial charge is 0.493 e. The van der Waals surface area contributed by atoms with Crippen molar-refractivity contribution in [2.75, 3.05) is 14.2 Å². The van der Waals surface area contributed by atoms with Gasteiger partial charge in [-0.1, -0.05) is 25.3 Å². The van der Waals surface area contributed by atoms with Crippen molar-refractivity contribution in [2.24, 2.45) is 5.92 Å². The molecule has 0 amide bonds. The first-order chi connectivity index (χ1) is 10.2. The Kier molecular flexibility index (Phi) is 5.21. The van der Waals surface area contributed by atoms with E-state index < -0.39 is 5.92 Å². The van der Waals surface area contributed by atoms with Gasteiger partial charge in [-0.2, -0.15) is 5.26 Å². The van der Waals surface area contributed by atoms with Gasteiger partial charge in [0.25, 0.3) is 0 Å². The number of ether oxygens (including phenoxy) is 2. The summed E-state index contributed by atoms with van der Waals surface area (Å²) < 4.78 is 10.4. The number of carbonyl (C=O) groups is 1. The first kappa shape index (κ1) is 15.4. The van der Waals surface area contributed by atoms with Gasteiger partial charge < -0.3 is 9.47 Å². The molecule has 0 radical (unpaired) electrons. The fourth-order valence-electron chi connectivity index (χ4n) is 2.96. The minimum absolute atomic E-state index is 0.0245. The van der Waals surface area contributed by atoms with E-state index in [4.69, 9.17) is 9.47 Å². The minimum Gasteiger partial charge on any atom is -0.493 e. The van der Waals surface area contributed by atoms with Crippen molar-refractivity contribution in [3.8, 4) is 17.6 Å². The van der Waals surface area contributed by atoms with Gasteiger partial charge in [0.1, 0.15) is 5.92 Å². The lowest BCUT2D eigenvalue weighted by molar-refractivity contribution is -0.124. The van der Waals surface area contributed by atoms with E-state index in [1.54, 1.807) is 32.4 Å². The molecule has 1 aliphatic rings. The Morgan fingerprint density at radius 1 is 1.19 bits per heavy atom. The molecule has 0 bridgehead atoms. The highest BCUT2D eigenvalue weighted by Gasteiger charge is 2.29. The Morgan fingerprint density at radius 2 is 1.86 bits per heavy atom. The Bertz CT molecular complexity index is 541. The molecule has 1 aromatic carbocycles. The molecular weight excluding hydrogens is 266 g/mol. The maximum absolute atomic E-state index is 12.6. The number of nitriles is 1. The van der Waals surface area contributed by atoms with Crippen LogP contribution in [0, 0.1) is 17.2 Å². The zero-order valence-corrected chi connectivity index (χ0v) is 12.6. The molecule has 1 fully saturated rings. The van der Waals surface area contributed by atoms with Crippen LogP contribution in [0.15, 0.2) is 18.2 Å². The molecule has 2 rings (SSSR count). The molecule has 4 heteroatoms. The summed E-state index contributed by atoms with van der Waals surface area (Å²) in [4.78, 5) is 12.6.